The van der Waals surface area contributed by atoms with Gasteiger partial charge in [0.1, 0.15) is 0 Å². The second-order valence-electron chi connectivity index (χ2n) is 4.42. The van der Waals surface area contributed by atoms with E-state index in [4.69, 9.17) is 0 Å². The van der Waals surface area contributed by atoms with E-state index >= 15 is 0 Å². The molecule has 1 rings (SSSR count). The monoisotopic (exact) mass is 275 g/mol. The van der Waals surface area contributed by atoms with Crippen LogP contribution in [-0.2, 0) is 11.0 Å². The van der Waals surface area contributed by atoms with Crippen molar-refractivity contribution in [1.82, 2.24) is 0 Å². The molecule has 0 saturated heterocycles. The SMILES string of the molecule is CC[C@H](C)[NH2+]CC(=O)Nc1ccccc1C(F)(F)F. The van der Waals surface area contributed by atoms with Gasteiger partial charge < -0.3 is 10.6 Å². The van der Waals surface area contributed by atoms with Gasteiger partial charge in [0.05, 0.1) is 17.3 Å². The van der Waals surface area contributed by atoms with Crippen LogP contribution in [0.15, 0.2) is 24.3 Å². The quantitative estimate of drug-likeness (QED) is 0.848. The first-order valence-electron chi connectivity index (χ1n) is 6.14. The van der Waals surface area contributed by atoms with Gasteiger partial charge in [0.2, 0.25) is 0 Å². The van der Waals surface area contributed by atoms with E-state index in [0.29, 0.717) is 0 Å². The predicted molar refractivity (Wildman–Crippen MR) is 66.6 cm³/mol. The zero-order valence-electron chi connectivity index (χ0n) is 10.9. The Morgan fingerprint density at radius 3 is 2.58 bits per heavy atom. The highest BCUT2D eigenvalue weighted by molar-refractivity contribution is 5.92. The van der Waals surface area contributed by atoms with Crippen LogP contribution in [0.4, 0.5) is 18.9 Å². The Morgan fingerprint density at radius 1 is 1.37 bits per heavy atom. The number of carbonyl (C=O) groups is 1. The third kappa shape index (κ3) is 4.90. The number of benzene rings is 1. The topological polar surface area (TPSA) is 45.7 Å². The summed E-state index contributed by atoms with van der Waals surface area (Å²) in [4.78, 5) is 11.6. The summed E-state index contributed by atoms with van der Waals surface area (Å²) in [6.45, 7) is 4.05. The molecular weight excluding hydrogens is 257 g/mol. The van der Waals surface area contributed by atoms with E-state index in [0.717, 1.165) is 12.5 Å². The van der Waals surface area contributed by atoms with Gasteiger partial charge in [0.25, 0.3) is 5.91 Å². The molecule has 1 aromatic carbocycles. The van der Waals surface area contributed by atoms with Crippen molar-refractivity contribution in [3.63, 3.8) is 0 Å². The number of hydrogen-bond acceptors (Lipinski definition) is 1. The highest BCUT2D eigenvalue weighted by Crippen LogP contribution is 2.34. The number of nitrogens with two attached hydrogens (primary N) is 1. The Balaban J connectivity index is 2.70. The average molecular weight is 275 g/mol. The number of alkyl halides is 3. The maximum atomic E-state index is 12.7. The molecule has 19 heavy (non-hydrogen) atoms. The predicted octanol–water partition coefficient (Wildman–Crippen LogP) is 2.01. The van der Waals surface area contributed by atoms with Crippen molar-refractivity contribution in [2.75, 3.05) is 11.9 Å². The lowest BCUT2D eigenvalue weighted by Gasteiger charge is -2.13. The summed E-state index contributed by atoms with van der Waals surface area (Å²) < 4.78 is 38.1. The van der Waals surface area contributed by atoms with Crippen molar-refractivity contribution >= 4 is 11.6 Å². The van der Waals surface area contributed by atoms with Crippen LogP contribution in [0.2, 0.25) is 0 Å². The lowest BCUT2D eigenvalue weighted by Crippen LogP contribution is -2.90. The molecule has 0 aliphatic rings. The number of nitrogens with one attached hydrogen (secondary N) is 1. The molecular formula is C13H18F3N2O+. The van der Waals surface area contributed by atoms with Crippen LogP contribution >= 0.6 is 0 Å². The third-order valence-corrected chi connectivity index (χ3v) is 2.86. The molecule has 0 aliphatic heterocycles. The second-order valence-corrected chi connectivity index (χ2v) is 4.42. The molecule has 1 aromatic rings. The molecule has 1 atom stereocenters. The van der Waals surface area contributed by atoms with Crippen LogP contribution in [-0.4, -0.2) is 18.5 Å². The highest BCUT2D eigenvalue weighted by atomic mass is 19.4. The van der Waals surface area contributed by atoms with Crippen LogP contribution in [0.5, 0.6) is 0 Å². The standard InChI is InChI=1S/C13H17F3N2O/c1-3-9(2)17-8-12(19)18-11-7-5-4-6-10(11)13(14,15)16/h4-7,9,17H,3,8H2,1-2H3,(H,18,19)/p+1/t9-/m0/s1. The van der Waals surface area contributed by atoms with Gasteiger partial charge in [-0.2, -0.15) is 13.2 Å². The third-order valence-electron chi connectivity index (χ3n) is 2.86. The largest absolute Gasteiger partial charge is 0.418 e. The number of anilines is 1. The fraction of sp³-hybridized carbons (Fsp3) is 0.462. The van der Waals surface area contributed by atoms with Crippen molar-refractivity contribution in [1.29, 1.82) is 0 Å². The van der Waals surface area contributed by atoms with Gasteiger partial charge in [-0.15, -0.1) is 0 Å². The van der Waals surface area contributed by atoms with Gasteiger partial charge in [-0.25, -0.2) is 0 Å². The summed E-state index contributed by atoms with van der Waals surface area (Å²) in [5.74, 6) is -0.433. The Hall–Kier alpha value is -1.56. The van der Waals surface area contributed by atoms with Gasteiger partial charge in [0, 0.05) is 0 Å². The van der Waals surface area contributed by atoms with E-state index in [-0.39, 0.29) is 18.3 Å². The van der Waals surface area contributed by atoms with Gasteiger partial charge >= 0.3 is 6.18 Å². The molecule has 106 valence electrons. The molecule has 6 heteroatoms. The van der Waals surface area contributed by atoms with Gasteiger partial charge in [-0.3, -0.25) is 4.79 Å². The average Bonchev–Trinajstić information content (AvgIpc) is 2.35. The van der Waals surface area contributed by atoms with E-state index in [1.165, 1.54) is 18.2 Å². The summed E-state index contributed by atoms with van der Waals surface area (Å²) in [5, 5.41) is 4.10. The van der Waals surface area contributed by atoms with Crippen LogP contribution in [0, 0.1) is 0 Å². The van der Waals surface area contributed by atoms with Crippen LogP contribution in [0.3, 0.4) is 0 Å². The minimum Gasteiger partial charge on any atom is -0.336 e. The minimum absolute atomic E-state index is 0.112. The maximum Gasteiger partial charge on any atom is 0.418 e. The van der Waals surface area contributed by atoms with Crippen molar-refractivity contribution in [2.45, 2.75) is 32.5 Å². The molecule has 3 nitrogen and oxygen atoms in total. The summed E-state index contributed by atoms with van der Waals surface area (Å²) >= 11 is 0. The number of quaternary nitrogens is 1. The first-order valence-corrected chi connectivity index (χ1v) is 6.14. The van der Waals surface area contributed by atoms with E-state index in [9.17, 15) is 18.0 Å². The smallest absolute Gasteiger partial charge is 0.336 e. The minimum atomic E-state index is -4.47. The van der Waals surface area contributed by atoms with Gasteiger partial charge in [-0.1, -0.05) is 19.1 Å². The van der Waals surface area contributed by atoms with Crippen molar-refractivity contribution < 1.29 is 23.3 Å². The number of para-hydroxylation sites is 1. The number of halogens is 3. The molecule has 0 radical (unpaired) electrons. The fourth-order valence-electron chi connectivity index (χ4n) is 1.52. The Kier molecular flexibility index (Phi) is 5.35. The second kappa shape index (κ2) is 6.56. The zero-order valence-corrected chi connectivity index (χ0v) is 10.9. The Bertz CT molecular complexity index is 432. The molecule has 0 bridgehead atoms. The highest BCUT2D eigenvalue weighted by Gasteiger charge is 2.33. The lowest BCUT2D eigenvalue weighted by molar-refractivity contribution is -0.675. The molecule has 0 aliphatic carbocycles. The van der Waals surface area contributed by atoms with E-state index < -0.39 is 17.6 Å². The molecule has 1 amide bonds. The zero-order chi connectivity index (χ0) is 14.5. The maximum absolute atomic E-state index is 12.7. The van der Waals surface area contributed by atoms with Gasteiger partial charge in [0.15, 0.2) is 6.54 Å². The van der Waals surface area contributed by atoms with Gasteiger partial charge in [-0.05, 0) is 25.5 Å². The lowest BCUT2D eigenvalue weighted by atomic mass is 10.1. The Labute approximate surface area is 110 Å². The first kappa shape index (κ1) is 15.5. The van der Waals surface area contributed by atoms with Crippen LogP contribution in [0.1, 0.15) is 25.8 Å². The van der Waals surface area contributed by atoms with E-state index in [1.54, 1.807) is 5.32 Å². The van der Waals surface area contributed by atoms with Crippen molar-refractivity contribution in [2.24, 2.45) is 0 Å². The number of amides is 1. The summed E-state index contributed by atoms with van der Waals surface area (Å²) in [6.07, 6.45) is -3.57. The van der Waals surface area contributed by atoms with Crippen LogP contribution < -0.4 is 10.6 Å². The fourth-order valence-corrected chi connectivity index (χ4v) is 1.52. The van der Waals surface area contributed by atoms with Crippen LogP contribution in [0.25, 0.3) is 0 Å². The molecule has 0 fully saturated rings. The molecule has 0 saturated carbocycles. The van der Waals surface area contributed by atoms with Crippen molar-refractivity contribution in [3.8, 4) is 0 Å². The Morgan fingerprint density at radius 2 is 2.00 bits per heavy atom. The summed E-state index contributed by atoms with van der Waals surface area (Å²) in [5.41, 5.74) is -1.02. The molecule has 0 unspecified atom stereocenters. The summed E-state index contributed by atoms with van der Waals surface area (Å²) in [7, 11) is 0. The first-order chi connectivity index (χ1) is 8.84. The molecule has 0 spiro atoms. The number of hydrogen-bond donors (Lipinski definition) is 2. The molecule has 0 aromatic heterocycles. The number of rotatable bonds is 5. The summed E-state index contributed by atoms with van der Waals surface area (Å²) in [6, 6.07) is 5.23. The molecule has 3 N–H and O–H groups in total. The van der Waals surface area contributed by atoms with E-state index in [2.05, 4.69) is 5.32 Å². The normalized spacial score (nSPS) is 13.1. The number of carbonyl (C=O) groups excluding carboxylic acids is 1. The molecule has 0 heterocycles. The van der Waals surface area contributed by atoms with Crippen molar-refractivity contribution in [3.05, 3.63) is 29.8 Å². The van der Waals surface area contributed by atoms with E-state index in [1.807, 2.05) is 13.8 Å².